The molecule has 29 heavy (non-hydrogen) atoms. The number of benzene rings is 2. The van der Waals surface area contributed by atoms with Gasteiger partial charge in [-0.05, 0) is 61.4 Å². The van der Waals surface area contributed by atoms with E-state index in [1.165, 1.54) is 24.3 Å². The van der Waals surface area contributed by atoms with E-state index in [1.807, 2.05) is 35.2 Å². The van der Waals surface area contributed by atoms with Crippen LogP contribution in [0.3, 0.4) is 0 Å². The van der Waals surface area contributed by atoms with Gasteiger partial charge < -0.3 is 14.2 Å². The molecule has 1 aromatic heterocycles. The molecule has 2 aromatic carbocycles. The Bertz CT molecular complexity index is 967. The highest BCUT2D eigenvalue weighted by atomic mass is 19.1. The third kappa shape index (κ3) is 4.16. The van der Waals surface area contributed by atoms with Crippen LogP contribution in [0.5, 0.6) is 5.75 Å². The number of aromatic nitrogens is 1. The van der Waals surface area contributed by atoms with Crippen molar-refractivity contribution in [2.45, 2.75) is 31.7 Å². The van der Waals surface area contributed by atoms with E-state index in [2.05, 4.69) is 5.16 Å². The van der Waals surface area contributed by atoms with Gasteiger partial charge in [-0.25, -0.2) is 4.39 Å². The molecule has 4 rings (SSSR count). The summed E-state index contributed by atoms with van der Waals surface area (Å²) in [6.45, 7) is 0.638. The molecule has 1 aliphatic heterocycles. The minimum Gasteiger partial charge on any atom is -0.497 e. The van der Waals surface area contributed by atoms with Crippen molar-refractivity contribution in [2.75, 3.05) is 13.7 Å². The monoisotopic (exact) mass is 394 g/mol. The number of carbonyl (C=O) groups excluding carboxylic acids is 1. The van der Waals surface area contributed by atoms with Gasteiger partial charge >= 0.3 is 0 Å². The molecule has 1 atom stereocenters. The van der Waals surface area contributed by atoms with Crippen molar-refractivity contribution in [3.63, 3.8) is 0 Å². The molecule has 1 saturated heterocycles. The van der Waals surface area contributed by atoms with Gasteiger partial charge in [-0.15, -0.1) is 0 Å². The van der Waals surface area contributed by atoms with Crippen molar-refractivity contribution < 1.29 is 18.4 Å². The fraction of sp³-hybridized carbons (Fsp3) is 0.304. The van der Waals surface area contributed by atoms with Crippen LogP contribution in [-0.2, 0) is 0 Å². The summed E-state index contributed by atoms with van der Waals surface area (Å²) in [6.07, 6.45) is 3.81. The molecule has 150 valence electrons. The zero-order valence-electron chi connectivity index (χ0n) is 16.3. The summed E-state index contributed by atoms with van der Waals surface area (Å²) in [4.78, 5) is 15.0. The first kappa shape index (κ1) is 19.2. The van der Waals surface area contributed by atoms with Crippen LogP contribution in [0.1, 0.15) is 47.8 Å². The van der Waals surface area contributed by atoms with E-state index >= 15 is 0 Å². The summed E-state index contributed by atoms with van der Waals surface area (Å²) in [5, 5.41) is 4.22. The Morgan fingerprint density at radius 3 is 2.59 bits per heavy atom. The smallest absolute Gasteiger partial charge is 0.254 e. The zero-order valence-corrected chi connectivity index (χ0v) is 16.3. The SMILES string of the molecule is COc1ccc(-c2cc([C@H]3CCCCCN3C(=O)c3ccc(F)cc3)on2)cc1. The molecule has 2 heterocycles. The Morgan fingerprint density at radius 2 is 1.86 bits per heavy atom. The highest BCUT2D eigenvalue weighted by Crippen LogP contribution is 2.33. The highest BCUT2D eigenvalue weighted by molar-refractivity contribution is 5.94. The zero-order chi connectivity index (χ0) is 20.2. The second kappa shape index (κ2) is 8.47. The first-order valence-corrected chi connectivity index (χ1v) is 9.83. The Labute approximate surface area is 169 Å². The summed E-state index contributed by atoms with van der Waals surface area (Å²) in [6, 6.07) is 15.0. The predicted octanol–water partition coefficient (Wildman–Crippen LogP) is 5.25. The van der Waals surface area contributed by atoms with Crippen LogP contribution in [0.25, 0.3) is 11.3 Å². The van der Waals surface area contributed by atoms with Gasteiger partial charge in [-0.2, -0.15) is 0 Å². The standard InChI is InChI=1S/C23H23FN2O3/c1-28-19-12-8-16(9-13-19)20-15-22(29-25-20)21-5-3-2-4-14-26(21)23(27)17-6-10-18(24)11-7-17/h6-13,15,21H,2-5,14H2,1H3/t21-/m1/s1. The van der Waals surface area contributed by atoms with Crippen LogP contribution < -0.4 is 4.74 Å². The van der Waals surface area contributed by atoms with Crippen LogP contribution in [0.4, 0.5) is 4.39 Å². The summed E-state index contributed by atoms with van der Waals surface area (Å²) in [5.41, 5.74) is 2.13. The second-order valence-electron chi connectivity index (χ2n) is 7.21. The molecule has 0 N–H and O–H groups in total. The van der Waals surface area contributed by atoms with Crippen LogP contribution in [0.2, 0.25) is 0 Å². The molecule has 0 spiro atoms. The molecular formula is C23H23FN2O3. The van der Waals surface area contributed by atoms with E-state index in [1.54, 1.807) is 7.11 Å². The van der Waals surface area contributed by atoms with Crippen molar-refractivity contribution in [1.29, 1.82) is 0 Å². The number of likely N-dealkylation sites (tertiary alicyclic amines) is 1. The number of halogens is 1. The van der Waals surface area contributed by atoms with E-state index in [0.717, 1.165) is 42.7 Å². The van der Waals surface area contributed by atoms with Gasteiger partial charge in [0.1, 0.15) is 17.3 Å². The number of nitrogens with zero attached hydrogens (tertiary/aromatic N) is 2. The Hall–Kier alpha value is -3.15. The third-order valence-corrected chi connectivity index (χ3v) is 5.35. The molecule has 0 unspecified atom stereocenters. The minimum absolute atomic E-state index is 0.112. The number of hydrogen-bond acceptors (Lipinski definition) is 4. The molecular weight excluding hydrogens is 371 g/mol. The quantitative estimate of drug-likeness (QED) is 0.607. The van der Waals surface area contributed by atoms with Crippen molar-refractivity contribution >= 4 is 5.91 Å². The van der Waals surface area contributed by atoms with Crippen molar-refractivity contribution in [2.24, 2.45) is 0 Å². The maximum Gasteiger partial charge on any atom is 0.254 e. The molecule has 3 aromatic rings. The van der Waals surface area contributed by atoms with Crippen LogP contribution in [-0.4, -0.2) is 29.6 Å². The van der Waals surface area contributed by atoms with Gasteiger partial charge in [0.25, 0.3) is 5.91 Å². The number of rotatable bonds is 4. The maximum atomic E-state index is 13.3. The molecule has 0 saturated carbocycles. The molecule has 0 bridgehead atoms. The van der Waals surface area contributed by atoms with E-state index < -0.39 is 0 Å². The summed E-state index contributed by atoms with van der Waals surface area (Å²) in [7, 11) is 1.63. The molecule has 1 amide bonds. The fourth-order valence-corrected chi connectivity index (χ4v) is 3.75. The normalized spacial score (nSPS) is 17.0. The molecule has 1 aliphatic rings. The maximum absolute atomic E-state index is 13.3. The highest BCUT2D eigenvalue weighted by Gasteiger charge is 2.30. The molecule has 6 heteroatoms. The van der Waals surface area contributed by atoms with E-state index in [4.69, 9.17) is 9.26 Å². The lowest BCUT2D eigenvalue weighted by Crippen LogP contribution is -2.34. The van der Waals surface area contributed by atoms with Crippen LogP contribution >= 0.6 is 0 Å². The summed E-state index contributed by atoms with van der Waals surface area (Å²) < 4.78 is 24.1. The number of carbonyl (C=O) groups is 1. The van der Waals surface area contributed by atoms with Gasteiger partial charge in [0, 0.05) is 23.7 Å². The van der Waals surface area contributed by atoms with Gasteiger partial charge in [-0.3, -0.25) is 4.79 Å². The predicted molar refractivity (Wildman–Crippen MR) is 107 cm³/mol. The molecule has 1 fully saturated rings. The van der Waals surface area contributed by atoms with Gasteiger partial charge in [0.2, 0.25) is 0 Å². The summed E-state index contributed by atoms with van der Waals surface area (Å²) >= 11 is 0. The second-order valence-corrected chi connectivity index (χ2v) is 7.21. The molecule has 0 aliphatic carbocycles. The Morgan fingerprint density at radius 1 is 1.10 bits per heavy atom. The van der Waals surface area contributed by atoms with Gasteiger partial charge in [0.15, 0.2) is 5.76 Å². The first-order valence-electron chi connectivity index (χ1n) is 9.83. The first-order chi connectivity index (χ1) is 14.2. The topological polar surface area (TPSA) is 55.6 Å². The van der Waals surface area contributed by atoms with Crippen LogP contribution in [0, 0.1) is 5.82 Å². The van der Waals surface area contributed by atoms with E-state index in [9.17, 15) is 9.18 Å². The van der Waals surface area contributed by atoms with Crippen molar-refractivity contribution in [1.82, 2.24) is 10.1 Å². The number of ether oxygens (including phenoxy) is 1. The summed E-state index contributed by atoms with van der Waals surface area (Å²) in [5.74, 6) is 0.984. The van der Waals surface area contributed by atoms with Crippen molar-refractivity contribution in [3.05, 3.63) is 71.7 Å². The lowest BCUT2D eigenvalue weighted by molar-refractivity contribution is 0.0651. The third-order valence-electron chi connectivity index (χ3n) is 5.35. The van der Waals surface area contributed by atoms with Crippen LogP contribution in [0.15, 0.2) is 59.1 Å². The van der Waals surface area contributed by atoms with Gasteiger partial charge in [0.05, 0.1) is 13.2 Å². The Kier molecular flexibility index (Phi) is 5.60. The lowest BCUT2D eigenvalue weighted by Gasteiger charge is -2.28. The molecule has 0 radical (unpaired) electrons. The Balaban J connectivity index is 1.61. The lowest BCUT2D eigenvalue weighted by atomic mass is 10.0. The average molecular weight is 394 g/mol. The van der Waals surface area contributed by atoms with E-state index in [-0.39, 0.29) is 17.8 Å². The van der Waals surface area contributed by atoms with Gasteiger partial charge in [-0.1, -0.05) is 18.0 Å². The number of methoxy groups -OCH3 is 1. The fourth-order valence-electron chi connectivity index (χ4n) is 3.75. The molecule has 5 nitrogen and oxygen atoms in total. The average Bonchev–Trinajstić information content (AvgIpc) is 3.11. The number of amides is 1. The van der Waals surface area contributed by atoms with Crippen molar-refractivity contribution in [3.8, 4) is 17.0 Å². The van der Waals surface area contributed by atoms with E-state index in [0.29, 0.717) is 17.9 Å². The largest absolute Gasteiger partial charge is 0.497 e. The minimum atomic E-state index is -0.353. The number of hydrogen-bond donors (Lipinski definition) is 0.